The van der Waals surface area contributed by atoms with Crippen molar-refractivity contribution < 1.29 is 19.4 Å². The van der Waals surface area contributed by atoms with Crippen LogP contribution in [0.2, 0.25) is 0 Å². The maximum absolute atomic E-state index is 13.1. The van der Waals surface area contributed by atoms with Gasteiger partial charge in [0.1, 0.15) is 5.76 Å². The third kappa shape index (κ3) is 5.02. The molecule has 0 unspecified atom stereocenters. The van der Waals surface area contributed by atoms with E-state index >= 15 is 0 Å². The molecule has 2 heterocycles. The number of carbonyl (C=O) groups is 2. The second kappa shape index (κ2) is 10.3. The summed E-state index contributed by atoms with van der Waals surface area (Å²) >= 11 is 0. The van der Waals surface area contributed by atoms with E-state index in [0.29, 0.717) is 18.0 Å². The number of benzene rings is 2. The third-order valence-electron chi connectivity index (χ3n) is 6.48. The van der Waals surface area contributed by atoms with Crippen LogP contribution in [0.25, 0.3) is 5.76 Å². The molecule has 1 atom stereocenters. The molecule has 0 bridgehead atoms. The predicted octanol–water partition coefficient (Wildman–Crippen LogP) is 3.95. The quantitative estimate of drug-likeness (QED) is 0.395. The molecule has 1 N–H and O–H groups in total. The molecule has 6 nitrogen and oxygen atoms in total. The lowest BCUT2D eigenvalue weighted by molar-refractivity contribution is -0.140. The molecule has 4 rings (SSSR count). The van der Waals surface area contributed by atoms with E-state index in [2.05, 4.69) is 18.7 Å². The molecule has 6 heteroatoms. The number of morpholine rings is 1. The van der Waals surface area contributed by atoms with Gasteiger partial charge in [-0.2, -0.15) is 0 Å². The van der Waals surface area contributed by atoms with Crippen molar-refractivity contribution in [2.24, 2.45) is 0 Å². The number of hydrogen-bond donors (Lipinski definition) is 1. The van der Waals surface area contributed by atoms with Gasteiger partial charge in [0.15, 0.2) is 0 Å². The van der Waals surface area contributed by atoms with Crippen molar-refractivity contribution in [3.63, 3.8) is 0 Å². The maximum Gasteiger partial charge on any atom is 0.295 e. The van der Waals surface area contributed by atoms with Gasteiger partial charge in [-0.25, -0.2) is 0 Å². The van der Waals surface area contributed by atoms with E-state index in [1.165, 1.54) is 5.56 Å². The number of ether oxygens (including phenoxy) is 1. The van der Waals surface area contributed by atoms with Crippen molar-refractivity contribution in [3.8, 4) is 0 Å². The van der Waals surface area contributed by atoms with Crippen LogP contribution in [0.4, 0.5) is 0 Å². The van der Waals surface area contributed by atoms with Gasteiger partial charge in [-0.3, -0.25) is 14.5 Å². The van der Waals surface area contributed by atoms with Gasteiger partial charge in [-0.05, 0) is 23.5 Å². The molecule has 174 valence electrons. The van der Waals surface area contributed by atoms with Crippen molar-refractivity contribution >= 4 is 17.4 Å². The molecule has 0 radical (unpaired) electrons. The van der Waals surface area contributed by atoms with E-state index in [4.69, 9.17) is 4.74 Å². The molecular weight excluding hydrogens is 416 g/mol. The topological polar surface area (TPSA) is 70.1 Å². The first-order valence-corrected chi connectivity index (χ1v) is 11.7. The SMILES string of the molecule is CC(C)c1ccc([C@H]2C(=C(O)c3ccccc3)C(=O)C(=O)N2CCCN2CCOCC2)cc1. The van der Waals surface area contributed by atoms with Crippen LogP contribution in [0, 0.1) is 0 Å². The fourth-order valence-corrected chi connectivity index (χ4v) is 4.56. The third-order valence-corrected chi connectivity index (χ3v) is 6.48. The van der Waals surface area contributed by atoms with Crippen molar-refractivity contribution in [1.82, 2.24) is 9.80 Å². The molecule has 2 aromatic carbocycles. The Bertz CT molecular complexity index is 1010. The van der Waals surface area contributed by atoms with E-state index in [1.807, 2.05) is 30.3 Å². The van der Waals surface area contributed by atoms with Crippen LogP contribution in [-0.2, 0) is 14.3 Å². The number of carbonyl (C=O) groups excluding carboxylic acids is 2. The minimum absolute atomic E-state index is 0.123. The number of Topliss-reactive ketones (excluding diaryl/α,β-unsaturated/α-hetero) is 1. The summed E-state index contributed by atoms with van der Waals surface area (Å²) in [4.78, 5) is 30.2. The summed E-state index contributed by atoms with van der Waals surface area (Å²) in [7, 11) is 0. The first-order chi connectivity index (χ1) is 16.0. The number of hydrogen-bond acceptors (Lipinski definition) is 5. The first kappa shape index (κ1) is 23.2. The van der Waals surface area contributed by atoms with Gasteiger partial charge in [0.05, 0.1) is 24.8 Å². The Labute approximate surface area is 195 Å². The van der Waals surface area contributed by atoms with Crippen molar-refractivity contribution in [3.05, 3.63) is 76.9 Å². The minimum atomic E-state index is -0.624. The highest BCUT2D eigenvalue weighted by Gasteiger charge is 2.45. The van der Waals surface area contributed by atoms with Gasteiger partial charge < -0.3 is 14.7 Å². The summed E-state index contributed by atoms with van der Waals surface area (Å²) in [5.41, 5.74) is 2.72. The van der Waals surface area contributed by atoms with Gasteiger partial charge >= 0.3 is 0 Å². The average molecular weight is 449 g/mol. The zero-order valence-corrected chi connectivity index (χ0v) is 19.4. The molecular formula is C27H32N2O4. The lowest BCUT2D eigenvalue weighted by atomic mass is 9.93. The van der Waals surface area contributed by atoms with Crippen molar-refractivity contribution in [2.75, 3.05) is 39.4 Å². The molecule has 33 heavy (non-hydrogen) atoms. The summed E-state index contributed by atoms with van der Waals surface area (Å²) in [6.45, 7) is 8.76. The van der Waals surface area contributed by atoms with Gasteiger partial charge in [-0.1, -0.05) is 68.4 Å². The van der Waals surface area contributed by atoms with Crippen molar-refractivity contribution in [1.29, 1.82) is 0 Å². The molecule has 0 spiro atoms. The average Bonchev–Trinajstić information content (AvgIpc) is 3.10. The fraction of sp³-hybridized carbons (Fsp3) is 0.407. The molecule has 2 aliphatic rings. The summed E-state index contributed by atoms with van der Waals surface area (Å²) in [6, 6.07) is 16.4. The smallest absolute Gasteiger partial charge is 0.295 e. The Morgan fingerprint density at radius 2 is 1.67 bits per heavy atom. The number of rotatable bonds is 7. The van der Waals surface area contributed by atoms with E-state index < -0.39 is 17.7 Å². The fourth-order valence-electron chi connectivity index (χ4n) is 4.56. The Morgan fingerprint density at radius 3 is 2.30 bits per heavy atom. The monoisotopic (exact) mass is 448 g/mol. The van der Waals surface area contributed by atoms with Gasteiger partial charge in [0.2, 0.25) is 0 Å². The van der Waals surface area contributed by atoms with Crippen molar-refractivity contribution in [2.45, 2.75) is 32.2 Å². The van der Waals surface area contributed by atoms with E-state index in [1.54, 1.807) is 29.2 Å². The molecule has 0 aromatic heterocycles. The van der Waals surface area contributed by atoms with Gasteiger partial charge in [0.25, 0.3) is 11.7 Å². The predicted molar refractivity (Wildman–Crippen MR) is 128 cm³/mol. The molecule has 2 fully saturated rings. The Morgan fingerprint density at radius 1 is 1.00 bits per heavy atom. The summed E-state index contributed by atoms with van der Waals surface area (Å²) in [5, 5.41) is 11.1. The number of likely N-dealkylation sites (tertiary alicyclic amines) is 1. The van der Waals surface area contributed by atoms with Crippen LogP contribution in [0.5, 0.6) is 0 Å². The Kier molecular flexibility index (Phi) is 7.26. The zero-order chi connectivity index (χ0) is 23.4. The number of aliphatic hydroxyl groups is 1. The summed E-state index contributed by atoms with van der Waals surface area (Å²) in [6.07, 6.45) is 0.749. The van der Waals surface area contributed by atoms with E-state index in [-0.39, 0.29) is 11.3 Å². The van der Waals surface area contributed by atoms with E-state index in [9.17, 15) is 14.7 Å². The van der Waals surface area contributed by atoms with Crippen LogP contribution in [0.3, 0.4) is 0 Å². The summed E-state index contributed by atoms with van der Waals surface area (Å²) < 4.78 is 5.41. The largest absolute Gasteiger partial charge is 0.507 e. The zero-order valence-electron chi connectivity index (χ0n) is 19.4. The van der Waals surface area contributed by atoms with Gasteiger partial charge in [0, 0.05) is 31.7 Å². The highest BCUT2D eigenvalue weighted by molar-refractivity contribution is 6.46. The summed E-state index contributed by atoms with van der Waals surface area (Å²) in [5.74, 6) is -0.918. The maximum atomic E-state index is 13.1. The first-order valence-electron chi connectivity index (χ1n) is 11.7. The normalized spacial score (nSPS) is 21.2. The number of aliphatic hydroxyl groups excluding tert-OH is 1. The standard InChI is InChI=1S/C27H32N2O4/c1-19(2)20-9-11-21(12-10-20)24-23(25(30)22-7-4-3-5-8-22)26(31)27(32)29(24)14-6-13-28-15-17-33-18-16-28/h3-5,7-12,19,24,30H,6,13-18H2,1-2H3/t24-/m0/s1. The second-order valence-corrected chi connectivity index (χ2v) is 8.99. The lowest BCUT2D eigenvalue weighted by Gasteiger charge is -2.29. The van der Waals surface area contributed by atoms with Crippen LogP contribution >= 0.6 is 0 Å². The Balaban J connectivity index is 1.66. The number of nitrogens with zero attached hydrogens (tertiary/aromatic N) is 2. The van der Waals surface area contributed by atoms with Gasteiger partial charge in [-0.15, -0.1) is 0 Å². The molecule has 2 aromatic rings. The van der Waals surface area contributed by atoms with Crippen LogP contribution in [0.1, 0.15) is 48.9 Å². The highest BCUT2D eigenvalue weighted by atomic mass is 16.5. The number of ketones is 1. The second-order valence-electron chi connectivity index (χ2n) is 8.99. The van der Waals surface area contributed by atoms with Crippen LogP contribution < -0.4 is 0 Å². The minimum Gasteiger partial charge on any atom is -0.507 e. The highest BCUT2D eigenvalue weighted by Crippen LogP contribution is 2.39. The Hall–Kier alpha value is -2.96. The van der Waals surface area contributed by atoms with Crippen LogP contribution in [-0.4, -0.2) is 66.0 Å². The molecule has 2 saturated heterocycles. The molecule has 1 amide bonds. The number of amides is 1. The van der Waals surface area contributed by atoms with E-state index in [0.717, 1.165) is 44.8 Å². The molecule has 2 aliphatic heterocycles. The van der Waals surface area contributed by atoms with Crippen LogP contribution in [0.15, 0.2) is 60.2 Å². The molecule has 0 saturated carbocycles. The molecule has 0 aliphatic carbocycles. The lowest BCUT2D eigenvalue weighted by Crippen LogP contribution is -2.38.